The minimum atomic E-state index is -0.635. The van der Waals surface area contributed by atoms with E-state index in [0.29, 0.717) is 17.3 Å². The zero-order valence-corrected chi connectivity index (χ0v) is 23.5. The monoisotopic (exact) mass is 562 g/mol. The molecule has 3 aromatic heterocycles. The number of morpholine rings is 1. The van der Waals surface area contributed by atoms with Crippen molar-refractivity contribution in [2.24, 2.45) is 5.41 Å². The fraction of sp³-hybridized carbons (Fsp3) is 0.379. The number of nitrogens with zero attached hydrogens (tertiary/aromatic N) is 5. The highest BCUT2D eigenvalue weighted by Gasteiger charge is 2.15. The van der Waals surface area contributed by atoms with Crippen LogP contribution < -0.4 is 15.4 Å². The number of carbonyl (C=O) groups excluding carboxylic acids is 1. The topological polar surface area (TPSA) is 122 Å². The Balaban J connectivity index is 1.16. The molecule has 4 aromatic rings. The van der Waals surface area contributed by atoms with Gasteiger partial charge in [0, 0.05) is 61.5 Å². The molecule has 41 heavy (non-hydrogen) atoms. The fourth-order valence-corrected chi connectivity index (χ4v) is 4.47. The SMILES string of the molecule is CC(C)(C)Cc1cc(NC(=O)Nc2ccc(Oc3ccnc(-c4cnn(CCN5CCOCC5)c4)c3)cc2F)n[nH]1. The number of nitrogens with one attached hydrogen (secondary N) is 3. The van der Waals surface area contributed by atoms with Crippen LogP contribution in [0.1, 0.15) is 26.5 Å². The predicted octanol–water partition coefficient (Wildman–Crippen LogP) is 5.16. The van der Waals surface area contributed by atoms with Crippen LogP contribution in [0.5, 0.6) is 11.5 Å². The predicted molar refractivity (Wildman–Crippen MR) is 154 cm³/mol. The molecule has 0 aliphatic carbocycles. The summed E-state index contributed by atoms with van der Waals surface area (Å²) in [7, 11) is 0. The molecular weight excluding hydrogens is 527 g/mol. The van der Waals surface area contributed by atoms with Crippen LogP contribution in [0.25, 0.3) is 11.3 Å². The standard InChI is InChI=1S/C29H35FN8O3/c1-29(2,3)17-21-14-27(36-35-21)34-28(39)33-25-5-4-22(15-24(25)30)41-23-6-7-31-26(16-23)20-18-32-38(19-20)9-8-37-10-12-40-13-11-37/h4-7,14-16,18-19H,8-13,17H2,1-3H3,(H3,33,34,35,36,39). The first kappa shape index (κ1) is 28.2. The minimum absolute atomic E-state index is 0.0141. The summed E-state index contributed by atoms with van der Waals surface area (Å²) in [6.07, 6.45) is 6.13. The summed E-state index contributed by atoms with van der Waals surface area (Å²) in [4.78, 5) is 19.2. The van der Waals surface area contributed by atoms with Gasteiger partial charge in [-0.15, -0.1) is 0 Å². The van der Waals surface area contributed by atoms with Gasteiger partial charge < -0.3 is 14.8 Å². The summed E-state index contributed by atoms with van der Waals surface area (Å²) >= 11 is 0. The molecule has 0 spiro atoms. The number of amides is 2. The zero-order chi connectivity index (χ0) is 28.8. The summed E-state index contributed by atoms with van der Waals surface area (Å²) in [5, 5.41) is 16.6. The molecule has 1 saturated heterocycles. The number of H-pyrrole nitrogens is 1. The number of aromatic amines is 1. The number of benzene rings is 1. The van der Waals surface area contributed by atoms with Crippen LogP contribution in [0.2, 0.25) is 0 Å². The number of carbonyl (C=O) groups is 1. The highest BCUT2D eigenvalue weighted by atomic mass is 19.1. The van der Waals surface area contributed by atoms with E-state index in [2.05, 4.69) is 56.6 Å². The summed E-state index contributed by atoms with van der Waals surface area (Å²) in [5.41, 5.74) is 2.54. The molecule has 1 aromatic carbocycles. The average molecular weight is 563 g/mol. The van der Waals surface area contributed by atoms with Gasteiger partial charge in [0.1, 0.15) is 17.3 Å². The Morgan fingerprint density at radius 1 is 1.10 bits per heavy atom. The lowest BCUT2D eigenvalue weighted by Gasteiger charge is -2.26. The van der Waals surface area contributed by atoms with E-state index in [9.17, 15) is 9.18 Å². The molecule has 1 fully saturated rings. The van der Waals surface area contributed by atoms with Gasteiger partial charge in [-0.2, -0.15) is 10.2 Å². The first-order chi connectivity index (χ1) is 19.7. The number of pyridine rings is 1. The van der Waals surface area contributed by atoms with E-state index in [1.807, 2.05) is 10.9 Å². The van der Waals surface area contributed by atoms with Crippen molar-refractivity contribution in [3.63, 3.8) is 0 Å². The van der Waals surface area contributed by atoms with Crippen LogP contribution in [0, 0.1) is 11.2 Å². The molecule has 12 heteroatoms. The smallest absolute Gasteiger partial charge is 0.324 e. The maximum atomic E-state index is 14.8. The molecule has 0 radical (unpaired) electrons. The number of hydrogen-bond donors (Lipinski definition) is 3. The molecule has 0 atom stereocenters. The molecule has 1 aliphatic heterocycles. The Labute approximate surface area is 238 Å². The van der Waals surface area contributed by atoms with Crippen molar-refractivity contribution in [3.8, 4) is 22.8 Å². The highest BCUT2D eigenvalue weighted by molar-refractivity contribution is 5.99. The lowest BCUT2D eigenvalue weighted by atomic mass is 9.91. The van der Waals surface area contributed by atoms with E-state index >= 15 is 0 Å². The summed E-state index contributed by atoms with van der Waals surface area (Å²) in [6, 6.07) is 8.88. The van der Waals surface area contributed by atoms with Crippen LogP contribution in [0.4, 0.5) is 20.7 Å². The van der Waals surface area contributed by atoms with E-state index in [1.54, 1.807) is 36.7 Å². The Bertz CT molecular complexity index is 1470. The maximum Gasteiger partial charge on any atom is 0.324 e. The van der Waals surface area contributed by atoms with Gasteiger partial charge in [0.15, 0.2) is 5.82 Å². The van der Waals surface area contributed by atoms with Crippen LogP contribution in [0.15, 0.2) is 55.0 Å². The molecule has 0 unspecified atom stereocenters. The molecule has 216 valence electrons. The molecule has 5 rings (SSSR count). The second kappa shape index (κ2) is 12.5. The van der Waals surface area contributed by atoms with Gasteiger partial charge in [-0.3, -0.25) is 25.0 Å². The average Bonchev–Trinajstić information content (AvgIpc) is 3.58. The molecule has 0 saturated carbocycles. The third-order valence-corrected chi connectivity index (χ3v) is 6.43. The van der Waals surface area contributed by atoms with Gasteiger partial charge in [0.05, 0.1) is 37.3 Å². The quantitative estimate of drug-likeness (QED) is 0.257. The Morgan fingerprint density at radius 2 is 1.90 bits per heavy atom. The normalized spacial score (nSPS) is 14.1. The number of rotatable bonds is 9. The van der Waals surface area contributed by atoms with Crippen LogP contribution in [-0.2, 0) is 17.7 Å². The number of anilines is 2. The van der Waals surface area contributed by atoms with Crippen molar-refractivity contribution < 1.29 is 18.7 Å². The number of aromatic nitrogens is 5. The summed E-state index contributed by atoms with van der Waals surface area (Å²) in [6.45, 7) is 11.4. The molecule has 3 N–H and O–H groups in total. The van der Waals surface area contributed by atoms with Crippen molar-refractivity contribution in [2.75, 3.05) is 43.5 Å². The number of ether oxygens (including phenoxy) is 2. The van der Waals surface area contributed by atoms with E-state index < -0.39 is 11.8 Å². The van der Waals surface area contributed by atoms with Crippen molar-refractivity contribution in [2.45, 2.75) is 33.7 Å². The van der Waals surface area contributed by atoms with Crippen molar-refractivity contribution in [1.29, 1.82) is 0 Å². The largest absolute Gasteiger partial charge is 0.457 e. The van der Waals surface area contributed by atoms with E-state index in [4.69, 9.17) is 9.47 Å². The first-order valence-electron chi connectivity index (χ1n) is 13.6. The van der Waals surface area contributed by atoms with Crippen molar-refractivity contribution in [1.82, 2.24) is 29.9 Å². The van der Waals surface area contributed by atoms with Crippen molar-refractivity contribution >= 4 is 17.5 Å². The Morgan fingerprint density at radius 3 is 2.68 bits per heavy atom. The van der Waals surface area contributed by atoms with Gasteiger partial charge in [-0.25, -0.2) is 9.18 Å². The molecular formula is C29H35FN8O3. The van der Waals surface area contributed by atoms with Crippen molar-refractivity contribution in [3.05, 3.63) is 66.5 Å². The van der Waals surface area contributed by atoms with E-state index in [-0.39, 0.29) is 16.9 Å². The third kappa shape index (κ3) is 8.12. The molecule has 11 nitrogen and oxygen atoms in total. The number of halogens is 1. The van der Waals surface area contributed by atoms with Crippen LogP contribution in [0.3, 0.4) is 0 Å². The lowest BCUT2D eigenvalue weighted by molar-refractivity contribution is 0.0360. The van der Waals surface area contributed by atoms with E-state index in [0.717, 1.165) is 57.1 Å². The number of urea groups is 1. The van der Waals surface area contributed by atoms with Crippen LogP contribution in [-0.4, -0.2) is 68.7 Å². The lowest BCUT2D eigenvalue weighted by Crippen LogP contribution is -2.38. The maximum absolute atomic E-state index is 14.8. The van der Waals surface area contributed by atoms with Gasteiger partial charge in [0.2, 0.25) is 0 Å². The third-order valence-electron chi connectivity index (χ3n) is 6.43. The summed E-state index contributed by atoms with van der Waals surface area (Å²) < 4.78 is 28.0. The zero-order valence-electron chi connectivity index (χ0n) is 23.5. The first-order valence-corrected chi connectivity index (χ1v) is 13.6. The van der Waals surface area contributed by atoms with Crippen LogP contribution >= 0.6 is 0 Å². The molecule has 0 bridgehead atoms. The van der Waals surface area contributed by atoms with Gasteiger partial charge in [0.25, 0.3) is 0 Å². The second-order valence-electron chi connectivity index (χ2n) is 11.2. The molecule has 4 heterocycles. The summed E-state index contributed by atoms with van der Waals surface area (Å²) in [5.74, 6) is 0.506. The Kier molecular flexibility index (Phi) is 8.60. The Hall–Kier alpha value is -4.29. The highest BCUT2D eigenvalue weighted by Crippen LogP contribution is 2.28. The second-order valence-corrected chi connectivity index (χ2v) is 11.2. The van der Waals surface area contributed by atoms with Gasteiger partial charge >= 0.3 is 6.03 Å². The minimum Gasteiger partial charge on any atom is -0.457 e. The van der Waals surface area contributed by atoms with Gasteiger partial charge in [-0.1, -0.05) is 20.8 Å². The van der Waals surface area contributed by atoms with Gasteiger partial charge in [-0.05, 0) is 30.0 Å². The molecule has 2 amide bonds. The fourth-order valence-electron chi connectivity index (χ4n) is 4.47. The van der Waals surface area contributed by atoms with E-state index in [1.165, 1.54) is 12.1 Å². The number of hydrogen-bond acceptors (Lipinski definition) is 7. The molecule has 1 aliphatic rings.